The number of rotatable bonds is 4. The van der Waals surface area contributed by atoms with Crippen LogP contribution in [0.5, 0.6) is 5.75 Å². The maximum atomic E-state index is 9.82. The molecule has 0 aliphatic rings. The lowest BCUT2D eigenvalue weighted by Gasteiger charge is -2.34. The first kappa shape index (κ1) is 19.8. The second-order valence-corrected chi connectivity index (χ2v) is 5.96. The average molecular weight is 322 g/mol. The minimum absolute atomic E-state index is 0.0453. The van der Waals surface area contributed by atoms with Crippen molar-refractivity contribution in [1.82, 2.24) is 0 Å². The van der Waals surface area contributed by atoms with E-state index in [1.165, 1.54) is 11.1 Å². The van der Waals surface area contributed by atoms with E-state index in [-0.39, 0.29) is 5.41 Å². The highest BCUT2D eigenvalue weighted by molar-refractivity contribution is 5.49. The van der Waals surface area contributed by atoms with E-state index < -0.39 is 0 Å². The lowest BCUT2D eigenvalue weighted by molar-refractivity contribution is 0.461. The Bertz CT molecular complexity index is 715. The Morgan fingerprint density at radius 1 is 0.917 bits per heavy atom. The maximum Gasteiger partial charge on any atom is 0.118 e. The highest BCUT2D eigenvalue weighted by Gasteiger charge is 2.31. The van der Waals surface area contributed by atoms with Gasteiger partial charge in [-0.05, 0) is 61.1 Å². The van der Waals surface area contributed by atoms with Gasteiger partial charge in [0.1, 0.15) is 5.75 Å². The third-order valence-corrected chi connectivity index (χ3v) is 4.89. The number of terminal acetylenes is 1. The summed E-state index contributed by atoms with van der Waals surface area (Å²) in [6.45, 7) is 12.4. The molecule has 0 atom stereocenters. The van der Waals surface area contributed by atoms with Gasteiger partial charge in [0, 0.05) is 11.0 Å². The van der Waals surface area contributed by atoms with Gasteiger partial charge in [0.15, 0.2) is 0 Å². The molecule has 0 fully saturated rings. The first-order chi connectivity index (χ1) is 11.5. The molecule has 0 amide bonds. The van der Waals surface area contributed by atoms with Crippen molar-refractivity contribution in [2.75, 3.05) is 0 Å². The van der Waals surface area contributed by atoms with Gasteiger partial charge in [0.2, 0.25) is 0 Å². The van der Waals surface area contributed by atoms with Crippen molar-refractivity contribution < 1.29 is 5.11 Å². The van der Waals surface area contributed by atoms with Gasteiger partial charge in [0.25, 0.3) is 0 Å². The molecule has 1 heteroatoms. The molecule has 0 saturated carbocycles. The number of hydrogen-bond acceptors (Lipinski definition) is 1. The van der Waals surface area contributed by atoms with Crippen LogP contribution in [0.4, 0.5) is 0 Å². The van der Waals surface area contributed by atoms with Crippen LogP contribution in [0.15, 0.2) is 36.4 Å². The number of hydrogen-bond donors (Lipinski definition) is 1. The normalized spacial score (nSPS) is 10.5. The summed E-state index contributed by atoms with van der Waals surface area (Å²) in [5, 5.41) is 9.82. The molecule has 2 aromatic rings. The van der Waals surface area contributed by atoms with Crippen LogP contribution in [0.3, 0.4) is 0 Å². The topological polar surface area (TPSA) is 20.2 Å². The van der Waals surface area contributed by atoms with E-state index in [0.29, 0.717) is 5.75 Å². The number of phenolic OH excluding ortho intramolecular Hbond substituents is 1. The van der Waals surface area contributed by atoms with Crippen LogP contribution >= 0.6 is 0 Å². The Morgan fingerprint density at radius 2 is 1.42 bits per heavy atom. The van der Waals surface area contributed by atoms with E-state index in [0.717, 1.165) is 29.5 Å². The summed E-state index contributed by atoms with van der Waals surface area (Å²) < 4.78 is 0. The molecule has 0 aliphatic carbocycles. The zero-order valence-electron chi connectivity index (χ0n) is 15.9. The predicted octanol–water partition coefficient (Wildman–Crippen LogP) is 6.12. The molecule has 24 heavy (non-hydrogen) atoms. The minimum Gasteiger partial charge on any atom is -0.508 e. The fourth-order valence-corrected chi connectivity index (χ4v) is 3.31. The number of aromatic hydroxyl groups is 1. The van der Waals surface area contributed by atoms with Gasteiger partial charge in [-0.1, -0.05) is 57.9 Å². The van der Waals surface area contributed by atoms with Crippen LogP contribution < -0.4 is 0 Å². The van der Waals surface area contributed by atoms with Crippen LogP contribution in [0.1, 0.15) is 68.4 Å². The first-order valence-electron chi connectivity index (χ1n) is 8.86. The highest BCUT2D eigenvalue weighted by Crippen LogP contribution is 2.40. The minimum atomic E-state index is -0.0453. The quantitative estimate of drug-likeness (QED) is 0.672. The zero-order chi connectivity index (χ0) is 18.3. The third-order valence-electron chi connectivity index (χ3n) is 4.89. The molecule has 0 aliphatic heterocycles. The smallest absolute Gasteiger partial charge is 0.118 e. The number of phenols is 1. The largest absolute Gasteiger partial charge is 0.508 e. The van der Waals surface area contributed by atoms with Crippen LogP contribution in [0.2, 0.25) is 0 Å². The lowest BCUT2D eigenvalue weighted by Crippen LogP contribution is -2.26. The number of aryl methyl sites for hydroxylation is 2. The Hall–Kier alpha value is -2.20. The molecule has 1 nitrogen and oxygen atoms in total. The summed E-state index contributed by atoms with van der Waals surface area (Å²) in [7, 11) is 0. The molecule has 0 saturated heterocycles. The Morgan fingerprint density at radius 3 is 1.83 bits per heavy atom. The van der Waals surface area contributed by atoms with E-state index in [2.05, 4.69) is 44.9 Å². The Kier molecular flexibility index (Phi) is 7.11. The van der Waals surface area contributed by atoms with Gasteiger partial charge in [0.05, 0.1) is 0 Å². The summed E-state index contributed by atoms with van der Waals surface area (Å²) in [4.78, 5) is 0. The van der Waals surface area contributed by atoms with Gasteiger partial charge in [-0.15, -0.1) is 6.42 Å². The lowest BCUT2D eigenvalue weighted by atomic mass is 9.70. The summed E-state index contributed by atoms with van der Waals surface area (Å²) in [6.07, 6.45) is 7.55. The monoisotopic (exact) mass is 322 g/mol. The summed E-state index contributed by atoms with van der Waals surface area (Å²) in [6, 6.07) is 12.3. The second-order valence-electron chi connectivity index (χ2n) is 5.96. The Balaban J connectivity index is 0.00000139. The van der Waals surface area contributed by atoms with Crippen LogP contribution in [0, 0.1) is 26.2 Å². The van der Waals surface area contributed by atoms with Crippen molar-refractivity contribution in [2.24, 2.45) is 0 Å². The van der Waals surface area contributed by atoms with Gasteiger partial charge >= 0.3 is 0 Å². The van der Waals surface area contributed by atoms with Gasteiger partial charge in [-0.3, -0.25) is 0 Å². The molecule has 0 heterocycles. The molecule has 0 radical (unpaired) electrons. The molecule has 2 rings (SSSR count). The van der Waals surface area contributed by atoms with E-state index in [1.54, 1.807) is 6.07 Å². The van der Waals surface area contributed by atoms with Crippen molar-refractivity contribution in [3.05, 3.63) is 64.2 Å². The molecule has 2 aromatic carbocycles. The predicted molar refractivity (Wildman–Crippen MR) is 105 cm³/mol. The molecular weight excluding hydrogens is 292 g/mol. The molecule has 0 spiro atoms. The SMILES string of the molecule is C#Cc1ccc(C(CC)(CC)c2ccc(O)c(C)c2)cc1C.CC. The Labute approximate surface area is 147 Å². The molecule has 1 N–H and O–H groups in total. The van der Waals surface area contributed by atoms with Gasteiger partial charge in [-0.25, -0.2) is 0 Å². The van der Waals surface area contributed by atoms with Gasteiger partial charge in [-0.2, -0.15) is 0 Å². The van der Waals surface area contributed by atoms with Crippen molar-refractivity contribution in [3.8, 4) is 18.1 Å². The van der Waals surface area contributed by atoms with Crippen LogP contribution in [-0.4, -0.2) is 5.11 Å². The zero-order valence-corrected chi connectivity index (χ0v) is 15.9. The van der Waals surface area contributed by atoms with E-state index in [1.807, 2.05) is 32.9 Å². The molecule has 0 aromatic heterocycles. The van der Waals surface area contributed by atoms with Crippen LogP contribution in [-0.2, 0) is 5.41 Å². The van der Waals surface area contributed by atoms with Crippen molar-refractivity contribution in [1.29, 1.82) is 0 Å². The average Bonchev–Trinajstić information content (AvgIpc) is 2.61. The van der Waals surface area contributed by atoms with E-state index >= 15 is 0 Å². The van der Waals surface area contributed by atoms with Crippen molar-refractivity contribution >= 4 is 0 Å². The second kappa shape index (κ2) is 8.60. The summed E-state index contributed by atoms with van der Waals surface area (Å²) in [5.74, 6) is 3.08. The fourth-order valence-electron chi connectivity index (χ4n) is 3.31. The van der Waals surface area contributed by atoms with Crippen molar-refractivity contribution in [3.63, 3.8) is 0 Å². The van der Waals surface area contributed by atoms with Crippen molar-refractivity contribution in [2.45, 2.75) is 59.8 Å². The standard InChI is InChI=1S/C21H24O.C2H6/c1-6-17-9-10-18(13-15(17)4)21(7-2,8-3)19-11-12-20(22)16(5)14-19;1-2/h1,9-14,22H,7-8H2,2-5H3;1-2H3. The molecule has 0 unspecified atom stereocenters. The highest BCUT2D eigenvalue weighted by atomic mass is 16.3. The van der Waals surface area contributed by atoms with Crippen LogP contribution in [0.25, 0.3) is 0 Å². The summed E-state index contributed by atoms with van der Waals surface area (Å²) >= 11 is 0. The first-order valence-corrected chi connectivity index (χ1v) is 8.86. The van der Waals surface area contributed by atoms with E-state index in [4.69, 9.17) is 6.42 Å². The third kappa shape index (κ3) is 3.65. The fraction of sp³-hybridized carbons (Fsp3) is 0.391. The summed E-state index contributed by atoms with van der Waals surface area (Å²) in [5.41, 5.74) is 5.50. The molecular formula is C23H30O. The maximum absolute atomic E-state index is 9.82. The van der Waals surface area contributed by atoms with Gasteiger partial charge < -0.3 is 5.11 Å². The number of benzene rings is 2. The molecule has 0 bridgehead atoms. The molecule has 128 valence electrons. The van der Waals surface area contributed by atoms with E-state index in [9.17, 15) is 5.11 Å².